The van der Waals surface area contributed by atoms with Gasteiger partial charge in [-0.05, 0) is 6.42 Å². The van der Waals surface area contributed by atoms with Crippen LogP contribution in [0.25, 0.3) is 0 Å². The number of amides is 2. The summed E-state index contributed by atoms with van der Waals surface area (Å²) in [4.78, 5) is 21.8. The van der Waals surface area contributed by atoms with E-state index in [1.807, 2.05) is 6.92 Å². The molecule has 0 bridgehead atoms. The fraction of sp³-hybridized carbons (Fsp3) is 0.750. The number of carbonyl (C=O) groups is 2. The van der Waals surface area contributed by atoms with Crippen LogP contribution in [0.3, 0.4) is 0 Å². The second-order valence-electron chi connectivity index (χ2n) is 2.73. The van der Waals surface area contributed by atoms with E-state index >= 15 is 0 Å². The molecular weight excluding hydrogens is 156 g/mol. The van der Waals surface area contributed by atoms with Crippen molar-refractivity contribution in [2.45, 2.75) is 19.8 Å². The van der Waals surface area contributed by atoms with E-state index in [9.17, 15) is 9.59 Å². The third kappa shape index (κ3) is 3.95. The largest absolute Gasteiger partial charge is 0.359 e. The Balaban J connectivity index is 3.63. The lowest BCUT2D eigenvalue weighted by molar-refractivity contribution is -0.125. The summed E-state index contributed by atoms with van der Waals surface area (Å²) in [5.74, 6) is -0.128. The minimum atomic E-state index is -0.0905. The summed E-state index contributed by atoms with van der Waals surface area (Å²) in [5, 5.41) is 5.04. The van der Waals surface area contributed by atoms with Crippen LogP contribution in [0.15, 0.2) is 0 Å². The van der Waals surface area contributed by atoms with Gasteiger partial charge in [0.1, 0.15) is 0 Å². The lowest BCUT2D eigenvalue weighted by Gasteiger charge is -2.08. The van der Waals surface area contributed by atoms with Crippen LogP contribution >= 0.6 is 0 Å². The van der Waals surface area contributed by atoms with Crippen molar-refractivity contribution in [1.29, 1.82) is 0 Å². The predicted octanol–water partition coefficient (Wildman–Crippen LogP) is -0.105. The second kappa shape index (κ2) is 5.57. The van der Waals surface area contributed by atoms with Crippen LogP contribution in [0.1, 0.15) is 19.8 Å². The molecule has 1 unspecified atom stereocenters. The molecule has 0 aromatic heterocycles. The number of nitrogens with one attached hydrogen (secondary N) is 2. The molecule has 2 N–H and O–H groups in total. The summed E-state index contributed by atoms with van der Waals surface area (Å²) in [5.41, 5.74) is 0. The van der Waals surface area contributed by atoms with Gasteiger partial charge < -0.3 is 10.6 Å². The van der Waals surface area contributed by atoms with Gasteiger partial charge in [-0.2, -0.15) is 0 Å². The van der Waals surface area contributed by atoms with E-state index in [4.69, 9.17) is 0 Å². The summed E-state index contributed by atoms with van der Waals surface area (Å²) >= 11 is 0. The summed E-state index contributed by atoms with van der Waals surface area (Å²) in [6, 6.07) is 0. The fourth-order valence-corrected chi connectivity index (χ4v) is 0.850. The second-order valence-corrected chi connectivity index (χ2v) is 2.73. The molecule has 0 heterocycles. The Morgan fingerprint density at radius 2 is 1.83 bits per heavy atom. The van der Waals surface area contributed by atoms with Gasteiger partial charge in [-0.15, -0.1) is 0 Å². The molecule has 4 nitrogen and oxygen atoms in total. The molecule has 0 saturated carbocycles. The Morgan fingerprint density at radius 1 is 1.25 bits per heavy atom. The summed E-state index contributed by atoms with van der Waals surface area (Å²) in [6.07, 6.45) is 1.00. The SMILES string of the molecule is CNC(=O)CCC(C)C(=O)NC. The van der Waals surface area contributed by atoms with E-state index in [0.29, 0.717) is 12.8 Å². The number of hydrogen-bond donors (Lipinski definition) is 2. The van der Waals surface area contributed by atoms with Crippen molar-refractivity contribution in [2.75, 3.05) is 14.1 Å². The Kier molecular flexibility index (Phi) is 5.08. The molecule has 0 aromatic rings. The maximum absolute atomic E-state index is 11.0. The molecule has 0 aliphatic carbocycles. The van der Waals surface area contributed by atoms with E-state index in [-0.39, 0.29) is 17.7 Å². The zero-order valence-corrected chi connectivity index (χ0v) is 7.81. The van der Waals surface area contributed by atoms with E-state index in [2.05, 4.69) is 10.6 Å². The molecule has 70 valence electrons. The van der Waals surface area contributed by atoms with Crippen molar-refractivity contribution >= 4 is 11.8 Å². The Bertz CT molecular complexity index is 168. The first kappa shape index (κ1) is 10.9. The van der Waals surface area contributed by atoms with Crippen LogP contribution in [0.5, 0.6) is 0 Å². The fourth-order valence-electron chi connectivity index (χ4n) is 0.850. The topological polar surface area (TPSA) is 58.2 Å². The molecule has 0 rings (SSSR count). The van der Waals surface area contributed by atoms with E-state index < -0.39 is 0 Å². The van der Waals surface area contributed by atoms with Crippen molar-refractivity contribution in [2.24, 2.45) is 5.92 Å². The van der Waals surface area contributed by atoms with Gasteiger partial charge in [-0.3, -0.25) is 9.59 Å². The van der Waals surface area contributed by atoms with Gasteiger partial charge in [-0.25, -0.2) is 0 Å². The highest BCUT2D eigenvalue weighted by atomic mass is 16.2. The first-order valence-corrected chi connectivity index (χ1v) is 4.04. The molecule has 0 aromatic carbocycles. The predicted molar refractivity (Wildman–Crippen MR) is 46.5 cm³/mol. The lowest BCUT2D eigenvalue weighted by Crippen LogP contribution is -2.27. The van der Waals surface area contributed by atoms with Gasteiger partial charge in [0.25, 0.3) is 0 Å². The summed E-state index contributed by atoms with van der Waals surface area (Å²) < 4.78 is 0. The van der Waals surface area contributed by atoms with Gasteiger partial charge in [-0.1, -0.05) is 6.92 Å². The van der Waals surface area contributed by atoms with Gasteiger partial charge >= 0.3 is 0 Å². The Hall–Kier alpha value is -1.06. The summed E-state index contributed by atoms with van der Waals surface area (Å²) in [6.45, 7) is 1.81. The average Bonchev–Trinajstić information content (AvgIpc) is 2.11. The molecule has 0 radical (unpaired) electrons. The van der Waals surface area contributed by atoms with Crippen molar-refractivity contribution in [3.8, 4) is 0 Å². The quantitative estimate of drug-likeness (QED) is 0.622. The van der Waals surface area contributed by atoms with E-state index in [1.165, 1.54) is 0 Å². The number of hydrogen-bond acceptors (Lipinski definition) is 2. The Morgan fingerprint density at radius 3 is 2.25 bits per heavy atom. The third-order valence-electron chi connectivity index (χ3n) is 1.78. The van der Waals surface area contributed by atoms with Crippen LogP contribution < -0.4 is 10.6 Å². The highest BCUT2D eigenvalue weighted by Gasteiger charge is 2.11. The van der Waals surface area contributed by atoms with Gasteiger partial charge in [0.05, 0.1) is 0 Å². The first-order chi connectivity index (χ1) is 5.61. The molecule has 1 atom stereocenters. The first-order valence-electron chi connectivity index (χ1n) is 4.04. The minimum Gasteiger partial charge on any atom is -0.359 e. The van der Waals surface area contributed by atoms with Crippen LogP contribution in [-0.4, -0.2) is 25.9 Å². The van der Waals surface area contributed by atoms with E-state index in [1.54, 1.807) is 14.1 Å². The number of rotatable bonds is 4. The molecule has 0 saturated heterocycles. The molecule has 0 aliphatic heterocycles. The van der Waals surface area contributed by atoms with Crippen molar-refractivity contribution in [3.63, 3.8) is 0 Å². The highest BCUT2D eigenvalue weighted by Crippen LogP contribution is 2.04. The maximum atomic E-state index is 11.0. The van der Waals surface area contributed by atoms with Crippen LogP contribution in [0, 0.1) is 5.92 Å². The molecule has 0 fully saturated rings. The molecular formula is C8H16N2O2. The maximum Gasteiger partial charge on any atom is 0.222 e. The van der Waals surface area contributed by atoms with Crippen LogP contribution in [0.2, 0.25) is 0 Å². The van der Waals surface area contributed by atoms with Gasteiger partial charge in [0.2, 0.25) is 11.8 Å². The minimum absolute atomic E-state index is 0.0149. The zero-order valence-electron chi connectivity index (χ0n) is 7.81. The zero-order chi connectivity index (χ0) is 9.56. The van der Waals surface area contributed by atoms with Crippen LogP contribution in [0.4, 0.5) is 0 Å². The Labute approximate surface area is 72.7 Å². The standard InChI is InChI=1S/C8H16N2O2/c1-6(8(12)10-3)4-5-7(11)9-2/h6H,4-5H2,1-3H3,(H,9,11)(H,10,12). The number of carbonyl (C=O) groups excluding carboxylic acids is 2. The van der Waals surface area contributed by atoms with Gasteiger partial charge in [0, 0.05) is 26.4 Å². The molecule has 4 heteroatoms. The average molecular weight is 172 g/mol. The molecule has 0 aliphatic rings. The molecule has 2 amide bonds. The monoisotopic (exact) mass is 172 g/mol. The summed E-state index contributed by atoms with van der Waals surface area (Å²) in [7, 11) is 3.19. The van der Waals surface area contributed by atoms with Gasteiger partial charge in [0.15, 0.2) is 0 Å². The smallest absolute Gasteiger partial charge is 0.222 e. The lowest BCUT2D eigenvalue weighted by atomic mass is 10.0. The van der Waals surface area contributed by atoms with Crippen molar-refractivity contribution < 1.29 is 9.59 Å². The van der Waals surface area contributed by atoms with Crippen molar-refractivity contribution in [1.82, 2.24) is 10.6 Å². The molecule has 12 heavy (non-hydrogen) atoms. The normalized spacial score (nSPS) is 11.9. The molecule has 0 spiro atoms. The van der Waals surface area contributed by atoms with E-state index in [0.717, 1.165) is 0 Å². The van der Waals surface area contributed by atoms with Crippen molar-refractivity contribution in [3.05, 3.63) is 0 Å². The highest BCUT2D eigenvalue weighted by molar-refractivity contribution is 5.80. The van der Waals surface area contributed by atoms with Crippen LogP contribution in [-0.2, 0) is 9.59 Å². The third-order valence-corrected chi connectivity index (χ3v) is 1.78.